The van der Waals surface area contributed by atoms with E-state index in [1.165, 1.54) is 16.9 Å². The molecule has 2 amide bonds. The summed E-state index contributed by atoms with van der Waals surface area (Å²) in [6.07, 6.45) is 9.95. The number of amides is 2. The summed E-state index contributed by atoms with van der Waals surface area (Å²) >= 11 is 0. The number of carbonyl (C=O) groups excluding carboxylic acids is 5. The van der Waals surface area contributed by atoms with Gasteiger partial charge >= 0.3 is 23.9 Å². The molecule has 2 aliphatic carbocycles. The molecule has 4 aromatic rings. The number of aryl methyl sites for hydroxylation is 2. The van der Waals surface area contributed by atoms with Crippen molar-refractivity contribution in [3.05, 3.63) is 47.8 Å². The van der Waals surface area contributed by atoms with Crippen LogP contribution >= 0.6 is 0 Å². The molecule has 4 bridgehead atoms. The quantitative estimate of drug-likeness (QED) is 0.149. The number of carbonyl (C=O) groups is 6. The Morgan fingerprint density at radius 1 is 0.556 bits per heavy atom. The van der Waals surface area contributed by atoms with Crippen LogP contribution in [0.2, 0.25) is 0 Å². The van der Waals surface area contributed by atoms with Gasteiger partial charge in [-0.2, -0.15) is 0 Å². The zero-order valence-electron chi connectivity index (χ0n) is 48.4. The maximum Gasteiger partial charge on any atom is 0.328 e. The highest BCUT2D eigenvalue weighted by Gasteiger charge is 2.50. The summed E-state index contributed by atoms with van der Waals surface area (Å²) in [6.45, 7) is 11.7. The number of nitrogens with zero attached hydrogens (tertiary/aromatic N) is 6. The highest BCUT2D eigenvalue weighted by molar-refractivity contribution is 5.90. The van der Waals surface area contributed by atoms with E-state index in [-0.39, 0.29) is 68.8 Å². The van der Waals surface area contributed by atoms with Gasteiger partial charge in [0.05, 0.1) is 81.2 Å². The molecule has 1 N–H and O–H groups in total. The van der Waals surface area contributed by atoms with Gasteiger partial charge in [0.2, 0.25) is 23.6 Å². The van der Waals surface area contributed by atoms with Crippen molar-refractivity contribution in [3.63, 3.8) is 0 Å². The molecule has 10 atom stereocenters. The van der Waals surface area contributed by atoms with Gasteiger partial charge in [-0.15, -0.1) is 0 Å². The summed E-state index contributed by atoms with van der Waals surface area (Å²) in [5.41, 5.74) is 3.12. The fraction of sp³-hybridized carbons (Fsp3) is 0.639. The number of aromatic nitrogens is 4. The number of ether oxygens (including phenoxy) is 7. The SMILES string of the molecule is COC(=O)[C@@H]1C[C@@H]2CN1C(=O)[C@H](C(C)(C)C)CC(=O)O[C@@H]1C[C@H]1CCCCCc1nc3ccc(OC)cc3nc1O2.COc1ccc2nc3c(nc2c1)O[C@@H]1C[C@@H](C(=O)O)N(C1)C(=O)[C@H](C(C)(C)C)CC(=O)O[C@@H]1C[C@H]1CCCCC3. The van der Waals surface area contributed by atoms with Crippen LogP contribution in [0.25, 0.3) is 22.1 Å². The fourth-order valence-electron chi connectivity index (χ4n) is 11.8. The third-order valence-corrected chi connectivity index (χ3v) is 16.9. The van der Waals surface area contributed by atoms with E-state index in [4.69, 9.17) is 53.1 Å². The number of carboxylic acids is 1. The van der Waals surface area contributed by atoms with E-state index in [0.717, 1.165) is 86.6 Å². The molecule has 20 nitrogen and oxygen atoms in total. The number of methoxy groups -OCH3 is 3. The number of fused-ring (bicyclic) bond motifs is 10. The van der Waals surface area contributed by atoms with Crippen LogP contribution in [0.3, 0.4) is 0 Å². The molecular weight excluding hydrogens is 1040 g/mol. The average Bonchev–Trinajstić information content (AvgIpc) is 4.26. The zero-order valence-corrected chi connectivity index (χ0v) is 48.4. The largest absolute Gasteiger partial charge is 0.497 e. The highest BCUT2D eigenvalue weighted by atomic mass is 16.6. The normalized spacial score (nSPS) is 27.8. The molecule has 6 heterocycles. The maximum atomic E-state index is 14.0. The number of hydrogen-bond acceptors (Lipinski definition) is 17. The molecule has 0 spiro atoms. The monoisotopic (exact) mass is 1120 g/mol. The Bertz CT molecular complexity index is 2990. The van der Waals surface area contributed by atoms with E-state index >= 15 is 0 Å². The predicted molar refractivity (Wildman–Crippen MR) is 296 cm³/mol. The van der Waals surface area contributed by atoms with E-state index in [1.54, 1.807) is 20.3 Å². The van der Waals surface area contributed by atoms with Crippen molar-refractivity contribution in [1.82, 2.24) is 29.7 Å². The molecule has 4 aliphatic heterocycles. The molecule has 10 rings (SSSR count). The van der Waals surface area contributed by atoms with E-state index in [9.17, 15) is 33.9 Å². The number of carboxylic acid groups (broad SMARTS) is 1. The van der Waals surface area contributed by atoms with Gasteiger partial charge in [0.15, 0.2) is 0 Å². The van der Waals surface area contributed by atoms with Gasteiger partial charge in [-0.3, -0.25) is 19.2 Å². The molecule has 6 aliphatic rings. The third kappa shape index (κ3) is 14.3. The van der Waals surface area contributed by atoms with Crippen LogP contribution < -0.4 is 18.9 Å². The second-order valence-electron chi connectivity index (χ2n) is 25.0. The number of rotatable bonds is 4. The second kappa shape index (κ2) is 24.7. The molecule has 81 heavy (non-hydrogen) atoms. The Labute approximate surface area is 473 Å². The van der Waals surface area contributed by atoms with Gasteiger partial charge in [0, 0.05) is 25.0 Å². The van der Waals surface area contributed by atoms with Crippen molar-refractivity contribution in [2.75, 3.05) is 34.4 Å². The Hall–Kier alpha value is -6.86. The van der Waals surface area contributed by atoms with Crippen molar-refractivity contribution in [2.45, 2.75) is 181 Å². The average molecular weight is 1120 g/mol. The van der Waals surface area contributed by atoms with Crippen molar-refractivity contribution in [2.24, 2.45) is 34.5 Å². The highest BCUT2D eigenvalue weighted by Crippen LogP contribution is 2.43. The van der Waals surface area contributed by atoms with Gasteiger partial charge in [-0.25, -0.2) is 29.5 Å². The molecule has 2 aromatic heterocycles. The van der Waals surface area contributed by atoms with Crippen LogP contribution in [0.1, 0.15) is 143 Å². The summed E-state index contributed by atoms with van der Waals surface area (Å²) in [6, 6.07) is 9.17. The first-order chi connectivity index (χ1) is 38.6. The van der Waals surface area contributed by atoms with Crippen molar-refractivity contribution in [3.8, 4) is 23.3 Å². The lowest BCUT2D eigenvalue weighted by Gasteiger charge is -2.34. The van der Waals surface area contributed by atoms with Crippen LogP contribution in [0, 0.1) is 34.5 Å². The van der Waals surface area contributed by atoms with E-state index in [1.807, 2.05) is 71.9 Å². The Morgan fingerprint density at radius 3 is 1.40 bits per heavy atom. The molecular formula is C61H80N6O14. The lowest BCUT2D eigenvalue weighted by molar-refractivity contribution is -0.157. The summed E-state index contributed by atoms with van der Waals surface area (Å²) in [7, 11) is 4.50. The zero-order chi connectivity index (χ0) is 57.9. The number of esters is 3. The van der Waals surface area contributed by atoms with E-state index in [0.29, 0.717) is 59.0 Å². The van der Waals surface area contributed by atoms with Gasteiger partial charge in [0.1, 0.15) is 59.4 Å². The predicted octanol–water partition coefficient (Wildman–Crippen LogP) is 8.43. The summed E-state index contributed by atoms with van der Waals surface area (Å²) < 4.78 is 40.1. The first kappa shape index (κ1) is 58.8. The van der Waals surface area contributed by atoms with Crippen LogP contribution in [0.4, 0.5) is 0 Å². The number of benzene rings is 2. The van der Waals surface area contributed by atoms with Crippen molar-refractivity contribution < 1.29 is 67.0 Å². The minimum atomic E-state index is -1.10. The molecule has 2 saturated heterocycles. The Morgan fingerprint density at radius 2 is 0.988 bits per heavy atom. The minimum Gasteiger partial charge on any atom is -0.497 e. The number of hydrogen-bond donors (Lipinski definition) is 1. The smallest absolute Gasteiger partial charge is 0.328 e. The first-order valence-corrected chi connectivity index (χ1v) is 28.9. The van der Waals surface area contributed by atoms with Crippen molar-refractivity contribution >= 4 is 57.8 Å². The molecule has 438 valence electrons. The van der Waals surface area contributed by atoms with Crippen LogP contribution in [0.5, 0.6) is 23.3 Å². The topological polar surface area (TPSA) is 245 Å². The maximum absolute atomic E-state index is 14.0. The lowest BCUT2D eigenvalue weighted by Crippen LogP contribution is -2.47. The fourth-order valence-corrected chi connectivity index (χ4v) is 11.8. The van der Waals surface area contributed by atoms with Gasteiger partial charge in [-0.1, -0.05) is 67.2 Å². The third-order valence-electron chi connectivity index (χ3n) is 16.9. The van der Waals surface area contributed by atoms with E-state index in [2.05, 4.69) is 0 Å². The summed E-state index contributed by atoms with van der Waals surface area (Å²) in [4.78, 5) is 101. The molecule has 4 fully saturated rings. The molecule has 2 saturated carbocycles. The summed E-state index contributed by atoms with van der Waals surface area (Å²) in [5, 5.41) is 10.0. The minimum absolute atomic E-state index is 0.0381. The van der Waals surface area contributed by atoms with E-state index < -0.39 is 64.9 Å². The lowest BCUT2D eigenvalue weighted by atomic mass is 9.77. The number of aliphatic carboxylic acids is 1. The molecule has 0 radical (unpaired) electrons. The second-order valence-corrected chi connectivity index (χ2v) is 25.0. The molecule has 2 aromatic carbocycles. The van der Waals surface area contributed by atoms with Gasteiger partial charge < -0.3 is 48.1 Å². The first-order valence-electron chi connectivity index (χ1n) is 28.9. The molecule has 0 unspecified atom stereocenters. The van der Waals surface area contributed by atoms with Crippen LogP contribution in [-0.2, 0) is 55.8 Å². The van der Waals surface area contributed by atoms with Crippen molar-refractivity contribution in [1.29, 1.82) is 0 Å². The van der Waals surface area contributed by atoms with Gasteiger partial charge in [0.25, 0.3) is 0 Å². The van der Waals surface area contributed by atoms with Crippen LogP contribution in [-0.4, -0.2) is 141 Å². The Kier molecular flexibility index (Phi) is 17.9. The Balaban J connectivity index is 0.000000196. The van der Waals surface area contributed by atoms with Crippen LogP contribution in [0.15, 0.2) is 36.4 Å². The summed E-state index contributed by atoms with van der Waals surface area (Å²) in [5.74, 6) is -1.59. The van der Waals surface area contributed by atoms with Gasteiger partial charge in [-0.05, 0) is 98.3 Å². The molecule has 20 heteroatoms. The standard InChI is InChI=1S/C31H41N3O7.C30H39N3O7/c1-31(2,3)21-16-27(35)41-26-13-18(26)9-7-6-8-10-23-28(33-24-14-19(38-4)11-12-22(24)32-23)40-20-15-25(30(37)39-5)34(17-20)29(21)36;1-30(2,3)20-15-26(34)40-25-12-17(25)8-6-5-7-9-22-27(32-23-13-18(38-4)10-11-21(23)31-22)39-19-14-24(29(36)37)33(16-19)28(20)35/h11-12,14,18,20-21,25-26H,6-10,13,15-17H2,1-5H3;10-11,13,17,19-20,24-25H,5-9,12,14-16H2,1-4H3,(H,36,37)/t18-,20-,21-,25+,26-;17-,19-,20-,24+,25-/m11/s1.